The number of ether oxygens (including phenoxy) is 2. The van der Waals surface area contributed by atoms with Crippen molar-refractivity contribution >= 4 is 17.7 Å². The topological polar surface area (TPSA) is 104 Å². The van der Waals surface area contributed by atoms with Crippen molar-refractivity contribution in [2.24, 2.45) is 0 Å². The summed E-state index contributed by atoms with van der Waals surface area (Å²) in [7, 11) is 0. The van der Waals surface area contributed by atoms with E-state index in [2.05, 4.69) is 20.8 Å². The van der Waals surface area contributed by atoms with Crippen molar-refractivity contribution < 1.29 is 18.7 Å². The Morgan fingerprint density at radius 3 is 3.07 bits per heavy atom. The normalized spacial score (nSPS) is 13.5. The van der Waals surface area contributed by atoms with E-state index in [9.17, 15) is 4.79 Å². The Bertz CT molecular complexity index is 927. The van der Waals surface area contributed by atoms with Crippen molar-refractivity contribution in [2.45, 2.75) is 24.7 Å². The van der Waals surface area contributed by atoms with E-state index in [0.29, 0.717) is 17.5 Å². The highest BCUT2D eigenvalue weighted by molar-refractivity contribution is 7.99. The van der Waals surface area contributed by atoms with Gasteiger partial charge in [-0.2, -0.15) is 0 Å². The number of hydrogen-bond acceptors (Lipinski definition) is 8. The number of aromatic nitrogens is 4. The van der Waals surface area contributed by atoms with E-state index < -0.39 is 0 Å². The molecule has 0 fully saturated rings. The third kappa shape index (κ3) is 4.05. The van der Waals surface area contributed by atoms with Crippen LogP contribution in [0.4, 0.5) is 0 Å². The van der Waals surface area contributed by atoms with Gasteiger partial charge in [-0.1, -0.05) is 17.8 Å². The van der Waals surface area contributed by atoms with Crippen LogP contribution >= 0.6 is 11.8 Å². The number of carbonyl (C=O) groups excluding carboxylic acids is 1. The van der Waals surface area contributed by atoms with Gasteiger partial charge in [0.05, 0.1) is 18.1 Å². The number of carbonyl (C=O) groups is 1. The first-order chi connectivity index (χ1) is 13.2. The van der Waals surface area contributed by atoms with Crippen LogP contribution in [0.25, 0.3) is 0 Å². The molecule has 1 aliphatic heterocycles. The second-order valence-electron chi connectivity index (χ2n) is 5.89. The van der Waals surface area contributed by atoms with Crippen molar-refractivity contribution in [1.82, 2.24) is 25.5 Å². The second-order valence-corrected chi connectivity index (χ2v) is 6.83. The van der Waals surface area contributed by atoms with Crippen LogP contribution in [0.3, 0.4) is 0 Å². The SMILES string of the molecule is CC(NC(=O)CSc1nnnn1Cc1ccco1)c1ccc2c(c1)OCO2. The molecule has 0 spiro atoms. The Kier molecular flexibility index (Phi) is 4.97. The van der Waals surface area contributed by atoms with Gasteiger partial charge < -0.3 is 19.2 Å². The van der Waals surface area contributed by atoms with Gasteiger partial charge in [0, 0.05) is 0 Å². The quantitative estimate of drug-likeness (QED) is 0.614. The van der Waals surface area contributed by atoms with Crippen molar-refractivity contribution in [1.29, 1.82) is 0 Å². The lowest BCUT2D eigenvalue weighted by atomic mass is 10.1. The van der Waals surface area contributed by atoms with Gasteiger partial charge in [0.25, 0.3) is 0 Å². The molecule has 0 radical (unpaired) electrons. The monoisotopic (exact) mass is 387 g/mol. The Morgan fingerprint density at radius 1 is 1.33 bits per heavy atom. The Hall–Kier alpha value is -3.01. The number of amides is 1. The van der Waals surface area contributed by atoms with E-state index in [-0.39, 0.29) is 24.5 Å². The summed E-state index contributed by atoms with van der Waals surface area (Å²) in [6.07, 6.45) is 1.59. The Labute approximate surface area is 159 Å². The van der Waals surface area contributed by atoms with E-state index in [4.69, 9.17) is 13.9 Å². The van der Waals surface area contributed by atoms with E-state index in [1.807, 2.05) is 31.2 Å². The van der Waals surface area contributed by atoms with Gasteiger partial charge in [-0.15, -0.1) is 5.10 Å². The molecule has 1 N–H and O–H groups in total. The summed E-state index contributed by atoms with van der Waals surface area (Å²) in [5.74, 6) is 2.24. The lowest BCUT2D eigenvalue weighted by Gasteiger charge is -2.14. The molecule has 3 aromatic rings. The van der Waals surface area contributed by atoms with Crippen molar-refractivity contribution in [3.05, 3.63) is 47.9 Å². The number of fused-ring (bicyclic) bond motifs is 1. The summed E-state index contributed by atoms with van der Waals surface area (Å²) in [5, 5.41) is 15.1. The fraction of sp³-hybridized carbons (Fsp3) is 0.294. The molecule has 10 heteroatoms. The van der Waals surface area contributed by atoms with Crippen LogP contribution in [-0.2, 0) is 11.3 Å². The van der Waals surface area contributed by atoms with Crippen LogP contribution in [0.1, 0.15) is 24.3 Å². The minimum atomic E-state index is -0.160. The zero-order valence-corrected chi connectivity index (χ0v) is 15.3. The predicted molar refractivity (Wildman–Crippen MR) is 95.5 cm³/mol. The van der Waals surface area contributed by atoms with Crippen LogP contribution in [0.5, 0.6) is 11.5 Å². The molecule has 1 amide bonds. The molecule has 27 heavy (non-hydrogen) atoms. The summed E-state index contributed by atoms with van der Waals surface area (Å²) in [5.41, 5.74) is 0.945. The molecule has 2 aromatic heterocycles. The standard InChI is InChI=1S/C17H17N5O4S/c1-11(12-4-5-14-15(7-12)26-10-25-14)18-16(23)9-27-17-19-20-21-22(17)8-13-3-2-6-24-13/h2-7,11H,8-10H2,1H3,(H,18,23). The van der Waals surface area contributed by atoms with Crippen LogP contribution in [0, 0.1) is 0 Å². The first-order valence-corrected chi connectivity index (χ1v) is 9.28. The maximum Gasteiger partial charge on any atom is 0.231 e. The van der Waals surface area contributed by atoms with Gasteiger partial charge in [-0.3, -0.25) is 4.79 Å². The van der Waals surface area contributed by atoms with Crippen LogP contribution < -0.4 is 14.8 Å². The van der Waals surface area contributed by atoms with Crippen LogP contribution in [0.15, 0.2) is 46.2 Å². The van der Waals surface area contributed by atoms with Gasteiger partial charge >= 0.3 is 0 Å². The summed E-state index contributed by atoms with van der Waals surface area (Å²) >= 11 is 1.27. The molecule has 0 saturated heterocycles. The molecule has 140 valence electrons. The van der Waals surface area contributed by atoms with Gasteiger partial charge in [0.15, 0.2) is 11.5 Å². The maximum atomic E-state index is 12.3. The highest BCUT2D eigenvalue weighted by Crippen LogP contribution is 2.34. The van der Waals surface area contributed by atoms with E-state index in [1.54, 1.807) is 17.0 Å². The third-order valence-electron chi connectivity index (χ3n) is 3.99. The molecule has 1 aromatic carbocycles. The zero-order chi connectivity index (χ0) is 18.6. The summed E-state index contributed by atoms with van der Waals surface area (Å²) in [4.78, 5) is 12.3. The van der Waals surface area contributed by atoms with E-state index in [0.717, 1.165) is 17.1 Å². The molecule has 0 saturated carbocycles. The molecule has 1 aliphatic rings. The molecule has 1 unspecified atom stereocenters. The number of nitrogens with one attached hydrogen (secondary N) is 1. The number of furan rings is 1. The lowest BCUT2D eigenvalue weighted by Crippen LogP contribution is -2.28. The predicted octanol–water partition coefficient (Wildman–Crippen LogP) is 2.01. The summed E-state index contributed by atoms with van der Waals surface area (Å²) in [6.45, 7) is 2.56. The average molecular weight is 387 g/mol. The molecular weight excluding hydrogens is 370 g/mol. The fourth-order valence-electron chi connectivity index (χ4n) is 2.63. The minimum Gasteiger partial charge on any atom is -0.467 e. The fourth-order valence-corrected chi connectivity index (χ4v) is 3.32. The average Bonchev–Trinajstić information content (AvgIpc) is 3.42. The van der Waals surface area contributed by atoms with Crippen LogP contribution in [-0.4, -0.2) is 38.7 Å². The number of benzene rings is 1. The number of hydrogen-bond donors (Lipinski definition) is 1. The van der Waals surface area contributed by atoms with Gasteiger partial charge in [0.2, 0.25) is 17.9 Å². The molecule has 9 nitrogen and oxygen atoms in total. The van der Waals surface area contributed by atoms with Crippen molar-refractivity contribution in [2.75, 3.05) is 12.5 Å². The molecule has 3 heterocycles. The molecule has 0 aliphatic carbocycles. The smallest absolute Gasteiger partial charge is 0.231 e. The number of nitrogens with zero attached hydrogens (tertiary/aromatic N) is 4. The molecule has 1 atom stereocenters. The first kappa shape index (κ1) is 17.4. The van der Waals surface area contributed by atoms with Gasteiger partial charge in [-0.05, 0) is 47.2 Å². The second kappa shape index (κ2) is 7.70. The molecule has 4 rings (SSSR count). The maximum absolute atomic E-state index is 12.3. The van der Waals surface area contributed by atoms with E-state index >= 15 is 0 Å². The molecular formula is C17H17N5O4S. The lowest BCUT2D eigenvalue weighted by molar-refractivity contribution is -0.119. The zero-order valence-electron chi connectivity index (χ0n) is 14.5. The third-order valence-corrected chi connectivity index (χ3v) is 4.95. The van der Waals surface area contributed by atoms with Crippen LogP contribution in [0.2, 0.25) is 0 Å². The Morgan fingerprint density at radius 2 is 2.22 bits per heavy atom. The van der Waals surface area contributed by atoms with Crippen molar-refractivity contribution in [3.8, 4) is 11.5 Å². The van der Waals surface area contributed by atoms with E-state index in [1.165, 1.54) is 11.8 Å². The minimum absolute atomic E-state index is 0.113. The highest BCUT2D eigenvalue weighted by atomic mass is 32.2. The number of tetrazole rings is 1. The largest absolute Gasteiger partial charge is 0.467 e. The van der Waals surface area contributed by atoms with Crippen molar-refractivity contribution in [3.63, 3.8) is 0 Å². The summed E-state index contributed by atoms with van der Waals surface area (Å²) in [6, 6.07) is 9.12. The molecule has 0 bridgehead atoms. The first-order valence-electron chi connectivity index (χ1n) is 8.29. The Balaban J connectivity index is 1.32. The van der Waals surface area contributed by atoms with Gasteiger partial charge in [-0.25, -0.2) is 4.68 Å². The number of rotatable bonds is 7. The number of thioether (sulfide) groups is 1. The highest BCUT2D eigenvalue weighted by Gasteiger charge is 2.17. The summed E-state index contributed by atoms with van der Waals surface area (Å²) < 4.78 is 17.6. The van der Waals surface area contributed by atoms with Gasteiger partial charge in [0.1, 0.15) is 12.3 Å².